The summed E-state index contributed by atoms with van der Waals surface area (Å²) in [6.45, 7) is 1.52. The highest BCUT2D eigenvalue weighted by Gasteiger charge is 2.31. The summed E-state index contributed by atoms with van der Waals surface area (Å²) in [5.74, 6) is 0.0621. The van der Waals surface area contributed by atoms with Gasteiger partial charge in [0.2, 0.25) is 0 Å². The van der Waals surface area contributed by atoms with Crippen LogP contribution in [0.2, 0.25) is 5.02 Å². The maximum atomic E-state index is 12.5. The molecule has 5 nitrogen and oxygen atoms in total. The summed E-state index contributed by atoms with van der Waals surface area (Å²) in [6, 6.07) is 0.796. The van der Waals surface area contributed by atoms with Crippen LogP contribution < -0.4 is 21.1 Å². The predicted molar refractivity (Wildman–Crippen MR) is 79.3 cm³/mol. The van der Waals surface area contributed by atoms with Crippen molar-refractivity contribution in [3.63, 3.8) is 0 Å². The summed E-state index contributed by atoms with van der Waals surface area (Å²) in [7, 11) is 4.00. The summed E-state index contributed by atoms with van der Waals surface area (Å²) < 4.78 is 37.4. The van der Waals surface area contributed by atoms with E-state index in [2.05, 4.69) is 21.2 Å². The third-order valence-electron chi connectivity index (χ3n) is 2.37. The Balaban J connectivity index is 2.51. The Morgan fingerprint density at radius 1 is 1.43 bits per heavy atom. The van der Waals surface area contributed by atoms with Crippen molar-refractivity contribution in [2.24, 2.45) is 0 Å². The molecule has 0 saturated carbocycles. The Bertz CT molecular complexity index is 495. The monoisotopic (exact) mass is 342 g/mol. The number of likely N-dealkylation sites (N-methyl/N-ethyl adjacent to an activating group) is 1. The van der Waals surface area contributed by atoms with Crippen LogP contribution in [0.25, 0.3) is 0 Å². The van der Waals surface area contributed by atoms with E-state index in [-0.39, 0.29) is 10.8 Å². The molecule has 10 heteroatoms. The molecule has 0 aromatic carbocycles. The Morgan fingerprint density at radius 3 is 2.62 bits per heavy atom. The number of anilines is 1. The topological polar surface area (TPSA) is 53.4 Å². The van der Waals surface area contributed by atoms with Crippen LogP contribution in [0.1, 0.15) is 5.56 Å². The van der Waals surface area contributed by atoms with Crippen LogP contribution in [0.4, 0.5) is 19.0 Å². The highest BCUT2D eigenvalue weighted by atomic mass is 35.5. The zero-order valence-corrected chi connectivity index (χ0v) is 13.0. The molecule has 0 spiro atoms. The van der Waals surface area contributed by atoms with E-state index < -0.39 is 11.7 Å². The molecule has 0 aliphatic carbocycles. The number of thiocarbonyl (C=S) groups is 1. The molecule has 1 aromatic heterocycles. The van der Waals surface area contributed by atoms with Crippen molar-refractivity contribution < 1.29 is 18.1 Å². The van der Waals surface area contributed by atoms with Crippen molar-refractivity contribution in [2.75, 3.05) is 32.6 Å². The molecule has 0 bridgehead atoms. The first kappa shape index (κ1) is 17.7. The van der Waals surface area contributed by atoms with E-state index in [1.807, 2.05) is 14.1 Å². The van der Waals surface area contributed by atoms with Crippen LogP contribution in [0.3, 0.4) is 0 Å². The molecule has 21 heavy (non-hydrogen) atoms. The van der Waals surface area contributed by atoms with Gasteiger partial charge in [0.25, 0.3) is 0 Å². The molecular weight excluding hydrogens is 327 g/mol. The fourth-order valence-corrected chi connectivity index (χ4v) is 1.64. The van der Waals surface area contributed by atoms with Gasteiger partial charge in [0, 0.05) is 6.20 Å². The number of quaternary nitrogens is 1. The minimum Gasteiger partial charge on any atom is -0.356 e. The number of pyridine rings is 1. The largest absolute Gasteiger partial charge is 0.417 e. The van der Waals surface area contributed by atoms with Gasteiger partial charge >= 0.3 is 6.18 Å². The molecule has 0 radical (unpaired) electrons. The normalized spacial score (nSPS) is 11.4. The van der Waals surface area contributed by atoms with Crippen LogP contribution in [0, 0.1) is 0 Å². The third-order valence-corrected chi connectivity index (χ3v) is 2.91. The second kappa shape index (κ2) is 7.62. The molecule has 0 aliphatic heterocycles. The van der Waals surface area contributed by atoms with Crippen LogP contribution in [-0.4, -0.2) is 37.3 Å². The fourth-order valence-electron chi connectivity index (χ4n) is 1.27. The molecule has 0 amide bonds. The highest BCUT2D eigenvalue weighted by molar-refractivity contribution is 7.80. The number of alkyl halides is 3. The first-order valence-corrected chi connectivity index (χ1v) is 6.80. The van der Waals surface area contributed by atoms with E-state index >= 15 is 0 Å². The summed E-state index contributed by atoms with van der Waals surface area (Å²) in [4.78, 5) is 4.86. The second-order valence-corrected chi connectivity index (χ2v) is 5.33. The number of nitrogens with zero attached hydrogens (tertiary/aromatic N) is 1. The van der Waals surface area contributed by atoms with E-state index in [0.717, 1.165) is 12.6 Å². The van der Waals surface area contributed by atoms with E-state index in [4.69, 9.17) is 23.8 Å². The van der Waals surface area contributed by atoms with Crippen LogP contribution >= 0.6 is 23.8 Å². The summed E-state index contributed by atoms with van der Waals surface area (Å²) >= 11 is 10.7. The molecule has 0 atom stereocenters. The fraction of sp³-hybridized carbons (Fsp3) is 0.455. The molecule has 1 heterocycles. The number of halogens is 4. The van der Waals surface area contributed by atoms with Crippen molar-refractivity contribution in [1.29, 1.82) is 0 Å². The van der Waals surface area contributed by atoms with Gasteiger partial charge in [-0.2, -0.15) is 13.2 Å². The first-order valence-electron chi connectivity index (χ1n) is 6.01. The van der Waals surface area contributed by atoms with Crippen LogP contribution in [0.5, 0.6) is 0 Å². The lowest BCUT2D eigenvalue weighted by atomic mass is 10.3. The number of aromatic nitrogens is 1. The van der Waals surface area contributed by atoms with Crippen molar-refractivity contribution in [1.82, 2.24) is 15.7 Å². The van der Waals surface area contributed by atoms with Gasteiger partial charge in [0.05, 0.1) is 37.8 Å². The molecular formula is C11H16ClF3N5S+. The number of nitrogens with one attached hydrogen (secondary N) is 4. The van der Waals surface area contributed by atoms with E-state index in [0.29, 0.717) is 17.9 Å². The lowest BCUT2D eigenvalue weighted by Crippen LogP contribution is -3.06. The standard InChI is InChI=1S/C11H15ClF3N5S/c1-20(2)4-3-16-10(21)19-18-9-8(12)5-7(6-17-9)11(13,14)15/h5-6H,3-4H2,1-2H3,(H,17,18)(H2,16,19,21)/p+1. The smallest absolute Gasteiger partial charge is 0.356 e. The minimum atomic E-state index is -4.48. The SMILES string of the molecule is C[NH+](C)CCNC(=S)NNc1ncc(C(F)(F)F)cc1Cl. The number of rotatable bonds is 5. The maximum Gasteiger partial charge on any atom is 0.417 e. The zero-order chi connectivity index (χ0) is 16.0. The first-order chi connectivity index (χ1) is 9.70. The predicted octanol–water partition coefficient (Wildman–Crippen LogP) is 0.689. The van der Waals surface area contributed by atoms with Crippen molar-refractivity contribution in [3.05, 3.63) is 22.8 Å². The van der Waals surface area contributed by atoms with Gasteiger partial charge < -0.3 is 10.2 Å². The molecule has 1 aromatic rings. The minimum absolute atomic E-state index is 0.0621. The van der Waals surface area contributed by atoms with Crippen molar-refractivity contribution >= 4 is 34.7 Å². The van der Waals surface area contributed by atoms with Gasteiger partial charge in [-0.25, -0.2) is 4.98 Å². The Morgan fingerprint density at radius 2 is 2.10 bits per heavy atom. The van der Waals surface area contributed by atoms with Crippen molar-refractivity contribution in [3.8, 4) is 0 Å². The molecule has 1 rings (SSSR count). The highest BCUT2D eigenvalue weighted by Crippen LogP contribution is 2.32. The molecule has 118 valence electrons. The maximum absolute atomic E-state index is 12.5. The molecule has 0 fully saturated rings. The van der Waals surface area contributed by atoms with Gasteiger partial charge in [-0.15, -0.1) is 0 Å². The van der Waals surface area contributed by atoms with Gasteiger partial charge in [-0.05, 0) is 18.3 Å². The average molecular weight is 343 g/mol. The quantitative estimate of drug-likeness (QED) is 0.469. The zero-order valence-electron chi connectivity index (χ0n) is 11.4. The molecule has 0 aliphatic rings. The van der Waals surface area contributed by atoms with E-state index in [1.165, 1.54) is 4.90 Å². The van der Waals surface area contributed by atoms with E-state index in [9.17, 15) is 13.2 Å². The molecule has 4 N–H and O–H groups in total. The van der Waals surface area contributed by atoms with Gasteiger partial charge in [0.15, 0.2) is 10.9 Å². The Kier molecular flexibility index (Phi) is 6.43. The number of hydrogen-bond donors (Lipinski definition) is 4. The summed E-state index contributed by atoms with van der Waals surface area (Å²) in [5.41, 5.74) is 4.25. The van der Waals surface area contributed by atoms with E-state index in [1.54, 1.807) is 0 Å². The van der Waals surface area contributed by atoms with Crippen LogP contribution in [0.15, 0.2) is 12.3 Å². The van der Waals surface area contributed by atoms with Gasteiger partial charge in [0.1, 0.15) is 0 Å². The van der Waals surface area contributed by atoms with Gasteiger partial charge in [-0.1, -0.05) is 11.6 Å². The summed E-state index contributed by atoms with van der Waals surface area (Å²) in [6.07, 6.45) is -3.78. The average Bonchev–Trinajstić information content (AvgIpc) is 2.35. The second-order valence-electron chi connectivity index (χ2n) is 4.52. The van der Waals surface area contributed by atoms with Crippen LogP contribution in [-0.2, 0) is 6.18 Å². The third kappa shape index (κ3) is 6.32. The molecule has 0 saturated heterocycles. The molecule has 0 unspecified atom stereocenters. The Labute approximate surface area is 130 Å². The lowest BCUT2D eigenvalue weighted by molar-refractivity contribution is -0.856. The lowest BCUT2D eigenvalue weighted by Gasteiger charge is -2.14. The van der Waals surface area contributed by atoms with Gasteiger partial charge in [-0.3, -0.25) is 10.9 Å². The summed E-state index contributed by atoms with van der Waals surface area (Å²) in [5, 5.41) is 3.07. The number of hydrogen-bond acceptors (Lipinski definition) is 3. The Hall–Kier alpha value is -1.32. The van der Waals surface area contributed by atoms with Crippen molar-refractivity contribution in [2.45, 2.75) is 6.18 Å². The number of hydrazine groups is 1.